The number of phenolic OH excluding ortho intramolecular Hbond substituents is 1. The Morgan fingerprint density at radius 1 is 1.11 bits per heavy atom. The molecule has 0 aliphatic heterocycles. The molecule has 0 aromatic heterocycles. The van der Waals surface area contributed by atoms with Crippen LogP contribution in [0.3, 0.4) is 0 Å². The van der Waals surface area contributed by atoms with Crippen molar-refractivity contribution in [3.63, 3.8) is 0 Å². The van der Waals surface area contributed by atoms with Crippen molar-refractivity contribution in [1.82, 2.24) is 0 Å². The minimum absolute atomic E-state index is 0.288. The van der Waals surface area contributed by atoms with E-state index >= 15 is 0 Å². The molecule has 1 unspecified atom stereocenters. The van der Waals surface area contributed by atoms with Gasteiger partial charge >= 0.3 is 0 Å². The number of aryl methyl sites for hydroxylation is 1. The molecule has 0 spiro atoms. The number of hydrogen-bond donors (Lipinski definition) is 1. The van der Waals surface area contributed by atoms with Gasteiger partial charge in [0.15, 0.2) is 0 Å². The summed E-state index contributed by atoms with van der Waals surface area (Å²) in [6.45, 7) is 4.21. The number of benzene rings is 2. The van der Waals surface area contributed by atoms with Crippen molar-refractivity contribution in [2.75, 3.05) is 0 Å². The second-order valence-electron chi connectivity index (χ2n) is 4.46. The highest BCUT2D eigenvalue weighted by molar-refractivity contribution is 9.10. The Hall–Kier alpha value is -1.28. The van der Waals surface area contributed by atoms with Crippen molar-refractivity contribution in [3.05, 3.63) is 71.1 Å². The maximum absolute atomic E-state index is 9.23. The second kappa shape index (κ2) is 6.05. The Morgan fingerprint density at radius 3 is 2.50 bits per heavy atom. The third kappa shape index (κ3) is 3.61. The van der Waals surface area contributed by atoms with E-state index in [1.54, 1.807) is 12.1 Å². The van der Waals surface area contributed by atoms with E-state index in [9.17, 15) is 5.11 Å². The Balaban J connectivity index is 1.96. The number of hydrogen-bond acceptors (Lipinski definition) is 1. The second-order valence-corrected chi connectivity index (χ2v) is 5.37. The number of phenols is 1. The molecule has 0 bridgehead atoms. The van der Waals surface area contributed by atoms with Gasteiger partial charge in [-0.15, -0.1) is 0 Å². The van der Waals surface area contributed by atoms with Gasteiger partial charge in [-0.2, -0.15) is 0 Å². The zero-order chi connectivity index (χ0) is 13.0. The molecule has 2 aromatic rings. The predicted molar refractivity (Wildman–Crippen MR) is 78.7 cm³/mol. The van der Waals surface area contributed by atoms with E-state index in [0.717, 1.165) is 17.3 Å². The summed E-state index contributed by atoms with van der Waals surface area (Å²) in [5, 5.41) is 9.23. The van der Waals surface area contributed by atoms with Gasteiger partial charge in [0.25, 0.3) is 0 Å². The topological polar surface area (TPSA) is 20.2 Å². The van der Waals surface area contributed by atoms with Crippen molar-refractivity contribution in [2.24, 2.45) is 0 Å². The summed E-state index contributed by atoms with van der Waals surface area (Å²) in [6, 6.07) is 15.7. The lowest BCUT2D eigenvalue weighted by atomic mass is 9.94. The summed E-state index contributed by atoms with van der Waals surface area (Å²) in [5.41, 5.74) is 2.49. The van der Waals surface area contributed by atoms with Gasteiger partial charge in [0.2, 0.25) is 0 Å². The highest BCUT2D eigenvalue weighted by Gasteiger charge is 2.06. The maximum atomic E-state index is 9.23. The van der Waals surface area contributed by atoms with E-state index in [2.05, 4.69) is 35.0 Å². The van der Waals surface area contributed by atoms with Gasteiger partial charge in [0, 0.05) is 4.47 Å². The van der Waals surface area contributed by atoms with Gasteiger partial charge in [-0.1, -0.05) is 40.2 Å². The first-order valence-electron chi connectivity index (χ1n) is 6.01. The van der Waals surface area contributed by atoms with E-state index < -0.39 is 0 Å². The summed E-state index contributed by atoms with van der Waals surface area (Å²) in [6.07, 6.45) is 1.97. The first-order chi connectivity index (χ1) is 8.65. The van der Waals surface area contributed by atoms with E-state index in [4.69, 9.17) is 0 Å². The van der Waals surface area contributed by atoms with Crippen LogP contribution in [-0.4, -0.2) is 5.11 Å². The van der Waals surface area contributed by atoms with Crippen LogP contribution in [0.15, 0.2) is 53.0 Å². The standard InChI is InChI=1S/C16H16BrO/c1-12(14-3-2-4-15(17)11-14)5-6-13-7-9-16(18)10-8-13/h2-4,7-12,18H,1,5-6H2. The van der Waals surface area contributed by atoms with Crippen molar-refractivity contribution in [3.8, 4) is 5.75 Å². The average molecular weight is 304 g/mol. The first kappa shape index (κ1) is 13.2. The quantitative estimate of drug-likeness (QED) is 0.867. The molecule has 2 aromatic carbocycles. The van der Waals surface area contributed by atoms with E-state index in [1.165, 1.54) is 11.1 Å². The van der Waals surface area contributed by atoms with Crippen LogP contribution >= 0.6 is 15.9 Å². The molecule has 0 aliphatic rings. The predicted octanol–water partition coefficient (Wildman–Crippen LogP) is 4.71. The summed E-state index contributed by atoms with van der Waals surface area (Å²) >= 11 is 3.48. The molecule has 0 heterocycles. The molecular formula is C16H16BrO. The molecule has 0 aliphatic carbocycles. The summed E-state index contributed by atoms with van der Waals surface area (Å²) < 4.78 is 1.10. The van der Waals surface area contributed by atoms with E-state index in [-0.39, 0.29) is 5.92 Å². The maximum Gasteiger partial charge on any atom is 0.115 e. The van der Waals surface area contributed by atoms with Crippen LogP contribution in [0.2, 0.25) is 0 Å². The molecule has 2 rings (SSSR count). The molecule has 93 valence electrons. The third-order valence-corrected chi connectivity index (χ3v) is 3.53. The lowest BCUT2D eigenvalue weighted by Gasteiger charge is -2.12. The van der Waals surface area contributed by atoms with Crippen LogP contribution in [0.5, 0.6) is 5.75 Å². The number of rotatable bonds is 4. The fraction of sp³-hybridized carbons (Fsp3) is 0.188. The molecule has 0 saturated heterocycles. The van der Waals surface area contributed by atoms with Gasteiger partial charge in [0.1, 0.15) is 5.75 Å². The Labute approximate surface area is 117 Å². The van der Waals surface area contributed by atoms with Crippen LogP contribution in [0.4, 0.5) is 0 Å². The fourth-order valence-corrected chi connectivity index (χ4v) is 2.35. The lowest BCUT2D eigenvalue weighted by Crippen LogP contribution is -1.96. The first-order valence-corrected chi connectivity index (χ1v) is 6.81. The third-order valence-electron chi connectivity index (χ3n) is 3.04. The molecule has 0 amide bonds. The van der Waals surface area contributed by atoms with Crippen LogP contribution in [0.25, 0.3) is 0 Å². The SMILES string of the molecule is [CH2]C(CCc1ccc(O)cc1)c1cccc(Br)c1. The summed E-state index contributed by atoms with van der Waals surface area (Å²) in [4.78, 5) is 0. The number of aromatic hydroxyl groups is 1. The molecule has 1 nitrogen and oxygen atoms in total. The minimum atomic E-state index is 0.288. The lowest BCUT2D eigenvalue weighted by molar-refractivity contribution is 0.475. The summed E-state index contributed by atoms with van der Waals surface area (Å²) in [5.74, 6) is 0.605. The van der Waals surface area contributed by atoms with Gasteiger partial charge in [-0.05, 0) is 61.1 Å². The Bertz CT molecular complexity index is 505. The van der Waals surface area contributed by atoms with Gasteiger partial charge in [-0.25, -0.2) is 0 Å². The highest BCUT2D eigenvalue weighted by atomic mass is 79.9. The van der Waals surface area contributed by atoms with E-state index in [0.29, 0.717) is 5.75 Å². The van der Waals surface area contributed by atoms with Crippen molar-refractivity contribution >= 4 is 15.9 Å². The van der Waals surface area contributed by atoms with Crippen LogP contribution in [-0.2, 0) is 6.42 Å². The molecule has 1 atom stereocenters. The van der Waals surface area contributed by atoms with Crippen molar-refractivity contribution in [1.29, 1.82) is 0 Å². The molecule has 18 heavy (non-hydrogen) atoms. The summed E-state index contributed by atoms with van der Waals surface area (Å²) in [7, 11) is 0. The molecule has 0 fully saturated rings. The normalized spacial score (nSPS) is 12.3. The molecule has 1 N–H and O–H groups in total. The minimum Gasteiger partial charge on any atom is -0.508 e. The van der Waals surface area contributed by atoms with Crippen LogP contribution < -0.4 is 0 Å². The Morgan fingerprint density at radius 2 is 1.83 bits per heavy atom. The average Bonchev–Trinajstić information content (AvgIpc) is 2.38. The van der Waals surface area contributed by atoms with Gasteiger partial charge in [0.05, 0.1) is 0 Å². The van der Waals surface area contributed by atoms with Crippen LogP contribution in [0.1, 0.15) is 23.5 Å². The molecule has 2 heteroatoms. The monoisotopic (exact) mass is 303 g/mol. The van der Waals surface area contributed by atoms with Crippen LogP contribution in [0, 0.1) is 6.92 Å². The fourth-order valence-electron chi connectivity index (χ4n) is 1.93. The van der Waals surface area contributed by atoms with E-state index in [1.807, 2.05) is 24.3 Å². The van der Waals surface area contributed by atoms with Crippen molar-refractivity contribution in [2.45, 2.75) is 18.8 Å². The number of halogens is 1. The Kier molecular flexibility index (Phi) is 4.43. The smallest absolute Gasteiger partial charge is 0.115 e. The zero-order valence-corrected chi connectivity index (χ0v) is 11.7. The molecular weight excluding hydrogens is 288 g/mol. The highest BCUT2D eigenvalue weighted by Crippen LogP contribution is 2.24. The zero-order valence-electron chi connectivity index (χ0n) is 10.1. The molecule has 0 saturated carbocycles. The van der Waals surface area contributed by atoms with Gasteiger partial charge in [-0.3, -0.25) is 0 Å². The van der Waals surface area contributed by atoms with Gasteiger partial charge < -0.3 is 5.11 Å². The molecule has 1 radical (unpaired) electrons. The van der Waals surface area contributed by atoms with Crippen molar-refractivity contribution < 1.29 is 5.11 Å². The largest absolute Gasteiger partial charge is 0.508 e.